The van der Waals surface area contributed by atoms with Gasteiger partial charge in [-0.15, -0.1) is 0 Å². The van der Waals surface area contributed by atoms with Crippen LogP contribution in [0.1, 0.15) is 78.7 Å². The lowest BCUT2D eigenvalue weighted by molar-refractivity contribution is -0.189. The van der Waals surface area contributed by atoms with Crippen molar-refractivity contribution in [3.8, 4) is 0 Å². The maximum absolute atomic E-state index is 13.3. The Bertz CT molecular complexity index is 854. The van der Waals surface area contributed by atoms with Crippen molar-refractivity contribution in [3.05, 3.63) is 42.0 Å². The van der Waals surface area contributed by atoms with Crippen LogP contribution in [0.15, 0.2) is 36.4 Å². The van der Waals surface area contributed by atoms with E-state index in [2.05, 4.69) is 0 Å². The molecule has 0 unspecified atom stereocenters. The highest BCUT2D eigenvalue weighted by atomic mass is 16.6. The lowest BCUT2D eigenvalue weighted by Crippen LogP contribution is -2.60. The van der Waals surface area contributed by atoms with Crippen LogP contribution in [0.2, 0.25) is 0 Å². The van der Waals surface area contributed by atoms with Gasteiger partial charge in [-0.1, -0.05) is 56.3 Å². The van der Waals surface area contributed by atoms with E-state index < -0.39 is 35.3 Å². The van der Waals surface area contributed by atoms with Crippen molar-refractivity contribution < 1.29 is 23.9 Å². The number of carbonyl (C=O) groups excluding carboxylic acids is 4. The normalized spacial score (nSPS) is 15.8. The number of amides is 3. The first kappa shape index (κ1) is 26.3. The smallest absolute Gasteiger partial charge is 0.331 e. The Morgan fingerprint density at radius 2 is 1.70 bits per heavy atom. The second-order valence-electron chi connectivity index (χ2n) is 9.72. The van der Waals surface area contributed by atoms with E-state index in [9.17, 15) is 19.2 Å². The maximum atomic E-state index is 13.3. The van der Waals surface area contributed by atoms with Crippen LogP contribution in [0.5, 0.6) is 0 Å². The van der Waals surface area contributed by atoms with E-state index in [1.807, 2.05) is 50.3 Å². The van der Waals surface area contributed by atoms with Crippen molar-refractivity contribution in [1.82, 2.24) is 10.0 Å². The third kappa shape index (κ3) is 8.15. The van der Waals surface area contributed by atoms with Gasteiger partial charge in [0.1, 0.15) is 5.60 Å². The molecule has 1 aromatic carbocycles. The molecule has 0 aromatic heterocycles. The van der Waals surface area contributed by atoms with Gasteiger partial charge in [0.15, 0.2) is 6.04 Å². The average Bonchev–Trinajstić information content (AvgIpc) is 2.72. The molecule has 3 amide bonds. The number of benzene rings is 1. The number of ether oxygens (including phenoxy) is 1. The number of rotatable bonds is 9. The zero-order valence-corrected chi connectivity index (χ0v) is 20.4. The minimum Gasteiger partial charge on any atom is -0.458 e. The molecule has 1 atom stereocenters. The molecule has 1 saturated heterocycles. The van der Waals surface area contributed by atoms with Crippen molar-refractivity contribution in [2.24, 2.45) is 5.92 Å². The molecule has 2 rings (SSSR count). The first-order chi connectivity index (χ1) is 15.5. The van der Waals surface area contributed by atoms with Gasteiger partial charge in [-0.25, -0.2) is 9.80 Å². The molecule has 0 saturated carbocycles. The average molecular weight is 457 g/mol. The standard InChI is InChI=1S/C26H36N2O5/c1-19(2)17-18-24(31)27(28-22(29)15-10-16-23(28)30)21(25(32)33-26(3,4)5)14-9-13-20-11-7-6-8-12-20/h6-9,11-13,19,21H,10,14-18H2,1-5H3/t21-/m0/s1. The number of nitrogens with zero attached hydrogens (tertiary/aromatic N) is 2. The molecule has 0 N–H and O–H groups in total. The van der Waals surface area contributed by atoms with Crippen molar-refractivity contribution in [2.75, 3.05) is 0 Å². The second kappa shape index (κ2) is 11.8. The minimum absolute atomic E-state index is 0.105. The molecule has 0 aliphatic carbocycles. The number of carbonyl (C=O) groups is 4. The van der Waals surface area contributed by atoms with E-state index in [0.717, 1.165) is 15.6 Å². The minimum atomic E-state index is -1.13. The van der Waals surface area contributed by atoms with E-state index in [4.69, 9.17) is 4.74 Å². The summed E-state index contributed by atoms with van der Waals surface area (Å²) in [6.07, 6.45) is 5.16. The van der Waals surface area contributed by atoms with Crippen LogP contribution < -0.4 is 0 Å². The van der Waals surface area contributed by atoms with Gasteiger partial charge in [-0.3, -0.25) is 14.4 Å². The highest BCUT2D eigenvalue weighted by Crippen LogP contribution is 2.24. The van der Waals surface area contributed by atoms with Gasteiger partial charge in [0.25, 0.3) is 0 Å². The Balaban J connectivity index is 2.43. The number of imide groups is 1. The predicted molar refractivity (Wildman–Crippen MR) is 126 cm³/mol. The van der Waals surface area contributed by atoms with Gasteiger partial charge in [0.2, 0.25) is 17.7 Å². The number of piperidine rings is 1. The molecule has 0 bridgehead atoms. The summed E-state index contributed by atoms with van der Waals surface area (Å²) in [5.41, 5.74) is 0.143. The van der Waals surface area contributed by atoms with Crippen LogP contribution in [0.25, 0.3) is 6.08 Å². The van der Waals surface area contributed by atoms with Gasteiger partial charge in [-0.05, 0) is 51.5 Å². The third-order valence-corrected chi connectivity index (χ3v) is 5.10. The Kier molecular flexibility index (Phi) is 9.38. The predicted octanol–water partition coefficient (Wildman–Crippen LogP) is 4.52. The molecule has 33 heavy (non-hydrogen) atoms. The van der Waals surface area contributed by atoms with Crippen molar-refractivity contribution in [2.45, 2.75) is 84.8 Å². The largest absolute Gasteiger partial charge is 0.458 e. The Labute approximate surface area is 196 Å². The van der Waals surface area contributed by atoms with Gasteiger partial charge >= 0.3 is 5.97 Å². The fourth-order valence-corrected chi connectivity index (χ4v) is 3.50. The molecule has 1 heterocycles. The molecular weight excluding hydrogens is 420 g/mol. The van der Waals surface area contributed by atoms with Crippen LogP contribution in [0, 0.1) is 5.92 Å². The molecule has 7 heteroatoms. The van der Waals surface area contributed by atoms with E-state index in [0.29, 0.717) is 12.8 Å². The first-order valence-electron chi connectivity index (χ1n) is 11.6. The zero-order chi connectivity index (χ0) is 24.6. The van der Waals surface area contributed by atoms with Crippen molar-refractivity contribution in [3.63, 3.8) is 0 Å². The molecule has 0 spiro atoms. The molecule has 1 aliphatic rings. The zero-order valence-electron chi connectivity index (χ0n) is 20.4. The first-order valence-corrected chi connectivity index (χ1v) is 11.6. The van der Waals surface area contributed by atoms with Gasteiger partial charge in [-0.2, -0.15) is 5.01 Å². The van der Waals surface area contributed by atoms with E-state index in [1.165, 1.54) is 0 Å². The highest BCUT2D eigenvalue weighted by Gasteiger charge is 2.42. The van der Waals surface area contributed by atoms with Crippen LogP contribution in [0.3, 0.4) is 0 Å². The van der Waals surface area contributed by atoms with Crippen molar-refractivity contribution >= 4 is 29.8 Å². The summed E-state index contributed by atoms with van der Waals surface area (Å²) in [7, 11) is 0. The fraction of sp³-hybridized carbons (Fsp3) is 0.538. The third-order valence-electron chi connectivity index (χ3n) is 5.10. The number of hydrogen-bond donors (Lipinski definition) is 0. The molecular formula is C26H36N2O5. The van der Waals surface area contributed by atoms with Gasteiger partial charge in [0.05, 0.1) is 0 Å². The van der Waals surface area contributed by atoms with Gasteiger partial charge < -0.3 is 4.74 Å². The number of esters is 1. The summed E-state index contributed by atoms with van der Waals surface area (Å²) in [4.78, 5) is 52.0. The topological polar surface area (TPSA) is 84.0 Å². The summed E-state index contributed by atoms with van der Waals surface area (Å²) in [5.74, 6) is -1.77. The summed E-state index contributed by atoms with van der Waals surface area (Å²) in [5, 5.41) is 1.95. The lowest BCUT2D eigenvalue weighted by Gasteiger charge is -2.40. The molecule has 7 nitrogen and oxygen atoms in total. The van der Waals surface area contributed by atoms with Gasteiger partial charge in [0, 0.05) is 19.3 Å². The molecule has 0 radical (unpaired) electrons. The number of hydrazine groups is 1. The highest BCUT2D eigenvalue weighted by molar-refractivity contribution is 6.00. The summed E-state index contributed by atoms with van der Waals surface area (Å²) in [6, 6.07) is 8.42. The van der Waals surface area contributed by atoms with Crippen molar-refractivity contribution in [1.29, 1.82) is 0 Å². The Morgan fingerprint density at radius 1 is 1.09 bits per heavy atom. The fourth-order valence-electron chi connectivity index (χ4n) is 3.50. The van der Waals surface area contributed by atoms with Crippen LogP contribution in [0.4, 0.5) is 0 Å². The SMILES string of the molecule is CC(C)CCC(=O)N([C@@H](CC=Cc1ccccc1)C(=O)OC(C)(C)C)N1C(=O)CCCC1=O. The second-order valence-corrected chi connectivity index (χ2v) is 9.72. The van der Waals surface area contributed by atoms with Crippen LogP contribution >= 0.6 is 0 Å². The summed E-state index contributed by atoms with van der Waals surface area (Å²) >= 11 is 0. The maximum Gasteiger partial charge on any atom is 0.331 e. The Hall–Kier alpha value is -2.96. The molecule has 180 valence electrons. The number of hydrogen-bond acceptors (Lipinski definition) is 5. The van der Waals surface area contributed by atoms with Crippen LogP contribution in [-0.2, 0) is 23.9 Å². The quantitative estimate of drug-likeness (QED) is 0.403. The lowest BCUT2D eigenvalue weighted by atomic mass is 10.1. The molecule has 1 fully saturated rings. The summed E-state index contributed by atoms with van der Waals surface area (Å²) < 4.78 is 5.60. The Morgan fingerprint density at radius 3 is 2.24 bits per heavy atom. The summed E-state index contributed by atoms with van der Waals surface area (Å²) in [6.45, 7) is 9.20. The monoisotopic (exact) mass is 456 g/mol. The van der Waals surface area contributed by atoms with Crippen LogP contribution in [-0.4, -0.2) is 45.4 Å². The van der Waals surface area contributed by atoms with E-state index in [-0.39, 0.29) is 31.6 Å². The van der Waals surface area contributed by atoms with E-state index in [1.54, 1.807) is 26.8 Å². The molecule has 1 aliphatic heterocycles. The van der Waals surface area contributed by atoms with E-state index >= 15 is 0 Å². The molecule has 1 aromatic rings.